The highest BCUT2D eigenvalue weighted by molar-refractivity contribution is 7.99. The van der Waals surface area contributed by atoms with Gasteiger partial charge in [0, 0.05) is 18.7 Å². The Kier molecular flexibility index (Phi) is 4.86. The molecule has 0 aliphatic carbocycles. The van der Waals surface area contributed by atoms with Crippen LogP contribution in [-0.4, -0.2) is 45.5 Å². The van der Waals surface area contributed by atoms with Crippen molar-refractivity contribution in [2.45, 2.75) is 50.3 Å². The number of likely N-dealkylation sites (N-methyl/N-ethyl adjacent to an activating group) is 1. The normalized spacial score (nSPS) is 21.0. The Balaban J connectivity index is 2.54. The molecule has 0 aromatic rings. The minimum Gasteiger partial charge on any atom is -0.480 e. The van der Waals surface area contributed by atoms with Gasteiger partial charge in [-0.25, -0.2) is 4.79 Å². The second kappa shape index (κ2) is 5.76. The van der Waals surface area contributed by atoms with E-state index < -0.39 is 11.5 Å². The number of amides is 1. The number of hydrogen-bond donors (Lipinski definition) is 1. The third-order valence-corrected chi connectivity index (χ3v) is 4.81. The maximum atomic E-state index is 12.0. The molecule has 5 heteroatoms. The summed E-state index contributed by atoms with van der Waals surface area (Å²) in [6.07, 6.45) is 3.93. The Morgan fingerprint density at radius 1 is 1.41 bits per heavy atom. The first-order valence-corrected chi connectivity index (χ1v) is 7.02. The van der Waals surface area contributed by atoms with E-state index in [1.807, 2.05) is 11.8 Å². The first-order valence-electron chi connectivity index (χ1n) is 5.97. The summed E-state index contributed by atoms with van der Waals surface area (Å²) in [7, 11) is 1.57. The van der Waals surface area contributed by atoms with Crippen molar-refractivity contribution in [3.63, 3.8) is 0 Å². The molecule has 1 atom stereocenters. The molecule has 98 valence electrons. The van der Waals surface area contributed by atoms with Gasteiger partial charge in [0.2, 0.25) is 5.91 Å². The second-order valence-corrected chi connectivity index (χ2v) is 6.42. The van der Waals surface area contributed by atoms with Crippen molar-refractivity contribution < 1.29 is 14.7 Å². The predicted octanol–water partition coefficient (Wildman–Crippen LogP) is 1.98. The van der Waals surface area contributed by atoms with E-state index in [1.165, 1.54) is 17.7 Å². The van der Waals surface area contributed by atoms with Crippen molar-refractivity contribution in [2.24, 2.45) is 0 Å². The summed E-state index contributed by atoms with van der Waals surface area (Å²) < 4.78 is 0. The van der Waals surface area contributed by atoms with Crippen LogP contribution in [0.5, 0.6) is 0 Å². The van der Waals surface area contributed by atoms with E-state index >= 15 is 0 Å². The number of hydrogen-bond acceptors (Lipinski definition) is 3. The monoisotopic (exact) mass is 259 g/mol. The topological polar surface area (TPSA) is 57.6 Å². The van der Waals surface area contributed by atoms with Gasteiger partial charge in [-0.15, -0.1) is 0 Å². The smallest absolute Gasteiger partial charge is 0.329 e. The van der Waals surface area contributed by atoms with Gasteiger partial charge in [0.05, 0.1) is 0 Å². The summed E-state index contributed by atoms with van der Waals surface area (Å²) in [6, 6.07) is 0. The molecule has 17 heavy (non-hydrogen) atoms. The highest BCUT2D eigenvalue weighted by atomic mass is 32.2. The maximum Gasteiger partial charge on any atom is 0.329 e. The third kappa shape index (κ3) is 3.63. The van der Waals surface area contributed by atoms with Crippen LogP contribution in [0.25, 0.3) is 0 Å². The van der Waals surface area contributed by atoms with Gasteiger partial charge in [0.25, 0.3) is 0 Å². The number of carboxylic acids is 1. The highest BCUT2D eigenvalue weighted by Crippen LogP contribution is 2.28. The lowest BCUT2D eigenvalue weighted by atomic mass is 10.0. The molecular formula is C12H21NO3S. The minimum absolute atomic E-state index is 0.0724. The van der Waals surface area contributed by atoms with Gasteiger partial charge in [0.1, 0.15) is 5.54 Å². The number of carbonyl (C=O) groups excluding carboxylic acids is 1. The number of nitrogens with zero attached hydrogens (tertiary/aromatic N) is 1. The second-order valence-electron chi connectivity index (χ2n) is 5.01. The van der Waals surface area contributed by atoms with E-state index in [4.69, 9.17) is 5.11 Å². The Labute approximate surface area is 107 Å². The van der Waals surface area contributed by atoms with Crippen molar-refractivity contribution in [3.05, 3.63) is 0 Å². The SMILES string of the molecule is CN(C(=O)CC1CCCCS1)C(C)(C)C(=O)O. The van der Waals surface area contributed by atoms with Crippen LogP contribution in [0, 0.1) is 0 Å². The van der Waals surface area contributed by atoms with Crippen LogP contribution < -0.4 is 0 Å². The fourth-order valence-electron chi connectivity index (χ4n) is 1.76. The van der Waals surface area contributed by atoms with E-state index in [0.29, 0.717) is 11.7 Å². The molecule has 1 unspecified atom stereocenters. The van der Waals surface area contributed by atoms with E-state index in [9.17, 15) is 9.59 Å². The van der Waals surface area contributed by atoms with E-state index in [2.05, 4.69) is 0 Å². The van der Waals surface area contributed by atoms with E-state index in [0.717, 1.165) is 12.2 Å². The van der Waals surface area contributed by atoms with Crippen molar-refractivity contribution in [1.82, 2.24) is 4.90 Å². The molecule has 1 heterocycles. The molecule has 1 aliphatic heterocycles. The Morgan fingerprint density at radius 3 is 2.53 bits per heavy atom. The van der Waals surface area contributed by atoms with Crippen LogP contribution in [-0.2, 0) is 9.59 Å². The van der Waals surface area contributed by atoms with Crippen molar-refractivity contribution in [2.75, 3.05) is 12.8 Å². The van der Waals surface area contributed by atoms with Gasteiger partial charge in [0.15, 0.2) is 0 Å². The van der Waals surface area contributed by atoms with Gasteiger partial charge in [-0.3, -0.25) is 4.79 Å². The van der Waals surface area contributed by atoms with Crippen molar-refractivity contribution >= 4 is 23.6 Å². The molecule has 1 saturated heterocycles. The molecule has 1 fully saturated rings. The zero-order valence-electron chi connectivity index (χ0n) is 10.7. The number of carboxylic acid groups (broad SMARTS) is 1. The van der Waals surface area contributed by atoms with Gasteiger partial charge >= 0.3 is 5.97 Å². The average Bonchev–Trinajstić information content (AvgIpc) is 2.29. The molecule has 1 rings (SSSR count). The lowest BCUT2D eigenvalue weighted by Crippen LogP contribution is -2.51. The molecule has 1 aliphatic rings. The summed E-state index contributed by atoms with van der Waals surface area (Å²) in [5, 5.41) is 9.43. The number of thioether (sulfide) groups is 1. The van der Waals surface area contributed by atoms with Crippen LogP contribution in [0.15, 0.2) is 0 Å². The highest BCUT2D eigenvalue weighted by Gasteiger charge is 2.35. The van der Waals surface area contributed by atoms with Crippen LogP contribution in [0.4, 0.5) is 0 Å². The molecular weight excluding hydrogens is 238 g/mol. The molecule has 0 radical (unpaired) electrons. The first-order chi connectivity index (χ1) is 7.85. The zero-order valence-corrected chi connectivity index (χ0v) is 11.5. The average molecular weight is 259 g/mol. The quantitative estimate of drug-likeness (QED) is 0.838. The summed E-state index contributed by atoms with van der Waals surface area (Å²) in [6.45, 7) is 3.11. The summed E-state index contributed by atoms with van der Waals surface area (Å²) in [4.78, 5) is 24.4. The van der Waals surface area contributed by atoms with Gasteiger partial charge < -0.3 is 10.0 Å². The van der Waals surface area contributed by atoms with Crippen LogP contribution in [0.1, 0.15) is 39.5 Å². The molecule has 0 saturated carbocycles. The van der Waals surface area contributed by atoms with Crippen LogP contribution in [0.3, 0.4) is 0 Å². The fourth-order valence-corrected chi connectivity index (χ4v) is 3.05. The Morgan fingerprint density at radius 2 is 2.06 bits per heavy atom. The minimum atomic E-state index is -1.13. The van der Waals surface area contributed by atoms with Gasteiger partial charge in [-0.2, -0.15) is 11.8 Å². The zero-order chi connectivity index (χ0) is 13.1. The van der Waals surface area contributed by atoms with Crippen molar-refractivity contribution in [3.8, 4) is 0 Å². The van der Waals surface area contributed by atoms with Crippen molar-refractivity contribution in [1.29, 1.82) is 0 Å². The first kappa shape index (κ1) is 14.4. The van der Waals surface area contributed by atoms with Crippen LogP contribution >= 0.6 is 11.8 Å². The fraction of sp³-hybridized carbons (Fsp3) is 0.833. The Bertz CT molecular complexity index is 298. The maximum absolute atomic E-state index is 12.0. The number of rotatable bonds is 4. The molecule has 0 aromatic heterocycles. The molecule has 4 nitrogen and oxygen atoms in total. The van der Waals surface area contributed by atoms with E-state index in [-0.39, 0.29) is 5.91 Å². The number of carbonyl (C=O) groups is 2. The van der Waals surface area contributed by atoms with Gasteiger partial charge in [-0.1, -0.05) is 6.42 Å². The molecule has 0 bridgehead atoms. The van der Waals surface area contributed by atoms with E-state index in [1.54, 1.807) is 20.9 Å². The molecule has 1 amide bonds. The summed E-state index contributed by atoms with van der Waals surface area (Å²) in [5.41, 5.74) is -1.13. The van der Waals surface area contributed by atoms with Crippen LogP contribution in [0.2, 0.25) is 0 Å². The molecule has 1 N–H and O–H groups in total. The summed E-state index contributed by atoms with van der Waals surface area (Å²) in [5.74, 6) is 0.0747. The Hall–Kier alpha value is -0.710. The third-order valence-electron chi connectivity index (χ3n) is 3.41. The molecule has 0 spiro atoms. The lowest BCUT2D eigenvalue weighted by molar-refractivity contribution is -0.155. The lowest BCUT2D eigenvalue weighted by Gasteiger charge is -2.33. The number of aliphatic carboxylic acids is 1. The largest absolute Gasteiger partial charge is 0.480 e. The summed E-state index contributed by atoms with van der Waals surface area (Å²) >= 11 is 1.83. The molecule has 0 aromatic carbocycles. The van der Waals surface area contributed by atoms with Gasteiger partial charge in [-0.05, 0) is 32.4 Å². The predicted molar refractivity (Wildman–Crippen MR) is 69.2 cm³/mol. The standard InChI is InChI=1S/C12H21NO3S/c1-12(2,11(15)16)13(3)10(14)8-9-6-4-5-7-17-9/h9H,4-8H2,1-3H3,(H,15,16).